The van der Waals surface area contributed by atoms with E-state index in [4.69, 9.17) is 0 Å². The van der Waals surface area contributed by atoms with Crippen molar-refractivity contribution in [3.05, 3.63) is 71.3 Å². The molecule has 1 aliphatic carbocycles. The molecule has 24 heavy (non-hydrogen) atoms. The number of hydrazone groups is 1. The molecule has 2 aromatic rings. The van der Waals surface area contributed by atoms with Crippen molar-refractivity contribution in [2.45, 2.75) is 39.0 Å². The smallest absolute Gasteiger partial charge is 0.243 e. The van der Waals surface area contributed by atoms with Crippen LogP contribution in [-0.2, 0) is 11.2 Å². The van der Waals surface area contributed by atoms with Gasteiger partial charge in [0.2, 0.25) is 5.91 Å². The SMILES string of the molecule is CCCc1ccc(/C(C)=N/NC(=O)C2CC2c2ccccc2)cc1. The van der Waals surface area contributed by atoms with Gasteiger partial charge in [-0.2, -0.15) is 5.10 Å². The number of nitrogens with zero attached hydrogens (tertiary/aromatic N) is 1. The lowest BCUT2D eigenvalue weighted by molar-refractivity contribution is -0.122. The lowest BCUT2D eigenvalue weighted by Crippen LogP contribution is -2.21. The third-order valence-corrected chi connectivity index (χ3v) is 4.60. The van der Waals surface area contributed by atoms with Crippen LogP contribution in [0.4, 0.5) is 0 Å². The van der Waals surface area contributed by atoms with Crippen LogP contribution in [0.3, 0.4) is 0 Å². The predicted molar refractivity (Wildman–Crippen MR) is 98.1 cm³/mol. The second-order valence-corrected chi connectivity index (χ2v) is 6.48. The number of carbonyl (C=O) groups excluding carboxylic acids is 1. The van der Waals surface area contributed by atoms with E-state index in [2.05, 4.69) is 53.8 Å². The van der Waals surface area contributed by atoms with E-state index in [1.165, 1.54) is 11.1 Å². The highest BCUT2D eigenvalue weighted by Gasteiger charge is 2.43. The molecular formula is C21H24N2O. The molecule has 0 radical (unpaired) electrons. The first-order chi connectivity index (χ1) is 11.7. The molecule has 0 saturated heterocycles. The molecule has 1 N–H and O–H groups in total. The Hall–Kier alpha value is -2.42. The van der Waals surface area contributed by atoms with Crippen LogP contribution in [0.5, 0.6) is 0 Å². The lowest BCUT2D eigenvalue weighted by atomic mass is 10.1. The van der Waals surface area contributed by atoms with Crippen molar-refractivity contribution in [1.29, 1.82) is 0 Å². The molecule has 2 unspecified atom stereocenters. The standard InChI is InChI=1S/C21H24N2O/c1-3-7-16-10-12-17(13-11-16)15(2)22-23-21(24)20-14-19(20)18-8-5-4-6-9-18/h4-6,8-13,19-20H,3,7,14H2,1-2H3,(H,23,24)/b22-15+. The molecule has 1 aliphatic rings. The van der Waals surface area contributed by atoms with Crippen LogP contribution in [0.2, 0.25) is 0 Å². The van der Waals surface area contributed by atoms with Gasteiger partial charge in [0.05, 0.1) is 5.71 Å². The van der Waals surface area contributed by atoms with Gasteiger partial charge in [-0.1, -0.05) is 67.9 Å². The summed E-state index contributed by atoms with van der Waals surface area (Å²) in [5.74, 6) is 0.414. The first-order valence-corrected chi connectivity index (χ1v) is 8.67. The van der Waals surface area contributed by atoms with Gasteiger partial charge in [0.25, 0.3) is 0 Å². The fourth-order valence-corrected chi connectivity index (χ4v) is 3.04. The van der Waals surface area contributed by atoms with E-state index in [1.54, 1.807) is 0 Å². The summed E-state index contributed by atoms with van der Waals surface area (Å²) in [4.78, 5) is 12.2. The lowest BCUT2D eigenvalue weighted by Gasteiger charge is -2.05. The number of carbonyl (C=O) groups is 1. The van der Waals surface area contributed by atoms with Crippen molar-refractivity contribution in [3.63, 3.8) is 0 Å². The molecule has 1 amide bonds. The van der Waals surface area contributed by atoms with E-state index in [0.29, 0.717) is 5.92 Å². The normalized spacial score (nSPS) is 19.8. The van der Waals surface area contributed by atoms with Gasteiger partial charge in [-0.05, 0) is 42.4 Å². The number of hydrogen-bond donors (Lipinski definition) is 1. The monoisotopic (exact) mass is 320 g/mol. The third-order valence-electron chi connectivity index (χ3n) is 4.60. The van der Waals surface area contributed by atoms with Crippen molar-refractivity contribution in [2.75, 3.05) is 0 Å². The van der Waals surface area contributed by atoms with E-state index in [9.17, 15) is 4.79 Å². The number of nitrogens with one attached hydrogen (secondary N) is 1. The minimum atomic E-state index is 0.0193. The molecule has 0 heterocycles. The Morgan fingerprint density at radius 3 is 2.50 bits per heavy atom. The third kappa shape index (κ3) is 3.91. The van der Waals surface area contributed by atoms with Crippen LogP contribution < -0.4 is 5.43 Å². The van der Waals surface area contributed by atoms with Crippen LogP contribution >= 0.6 is 0 Å². The average Bonchev–Trinajstić information content (AvgIpc) is 3.42. The second-order valence-electron chi connectivity index (χ2n) is 6.48. The minimum absolute atomic E-state index is 0.0193. The van der Waals surface area contributed by atoms with Crippen LogP contribution in [0, 0.1) is 5.92 Å². The highest BCUT2D eigenvalue weighted by Crippen LogP contribution is 2.47. The zero-order valence-electron chi connectivity index (χ0n) is 14.3. The van der Waals surface area contributed by atoms with Crippen LogP contribution in [0.1, 0.15) is 49.3 Å². The van der Waals surface area contributed by atoms with Gasteiger partial charge in [-0.3, -0.25) is 4.79 Å². The molecule has 3 nitrogen and oxygen atoms in total. The fraction of sp³-hybridized carbons (Fsp3) is 0.333. The number of amides is 1. The quantitative estimate of drug-likeness (QED) is 0.626. The van der Waals surface area contributed by atoms with Crippen molar-refractivity contribution in [2.24, 2.45) is 11.0 Å². The topological polar surface area (TPSA) is 41.5 Å². The number of rotatable bonds is 6. The molecule has 0 aromatic heterocycles. The summed E-state index contributed by atoms with van der Waals surface area (Å²) in [6, 6.07) is 18.6. The highest BCUT2D eigenvalue weighted by molar-refractivity contribution is 5.99. The van der Waals surface area contributed by atoms with Gasteiger partial charge >= 0.3 is 0 Å². The summed E-state index contributed by atoms with van der Waals surface area (Å²) < 4.78 is 0. The number of hydrogen-bond acceptors (Lipinski definition) is 2. The Labute approximate surface area is 143 Å². The Bertz CT molecular complexity index is 719. The largest absolute Gasteiger partial charge is 0.273 e. The van der Waals surface area contributed by atoms with E-state index < -0.39 is 0 Å². The molecule has 3 heteroatoms. The Morgan fingerprint density at radius 2 is 1.83 bits per heavy atom. The zero-order valence-corrected chi connectivity index (χ0v) is 14.3. The van der Waals surface area contributed by atoms with Crippen molar-refractivity contribution in [3.8, 4) is 0 Å². The zero-order chi connectivity index (χ0) is 16.9. The van der Waals surface area contributed by atoms with Gasteiger partial charge < -0.3 is 0 Å². The summed E-state index contributed by atoms with van der Waals surface area (Å²) in [5, 5.41) is 4.28. The van der Waals surface area contributed by atoms with E-state index in [1.807, 2.05) is 25.1 Å². The number of aryl methyl sites for hydroxylation is 1. The molecule has 0 aliphatic heterocycles. The first-order valence-electron chi connectivity index (χ1n) is 8.67. The number of benzene rings is 2. The Kier molecular flexibility index (Phi) is 5.09. The summed E-state index contributed by atoms with van der Waals surface area (Å²) in [5.41, 5.74) is 7.19. The van der Waals surface area contributed by atoms with Crippen molar-refractivity contribution >= 4 is 11.6 Å². The average molecular weight is 320 g/mol. The van der Waals surface area contributed by atoms with Gasteiger partial charge in [-0.15, -0.1) is 0 Å². The summed E-state index contributed by atoms with van der Waals surface area (Å²) >= 11 is 0. The molecule has 1 saturated carbocycles. The Morgan fingerprint density at radius 1 is 1.12 bits per heavy atom. The molecular weight excluding hydrogens is 296 g/mol. The molecule has 2 aromatic carbocycles. The maximum atomic E-state index is 12.2. The maximum Gasteiger partial charge on any atom is 0.243 e. The molecule has 1 fully saturated rings. The van der Waals surface area contributed by atoms with E-state index in [0.717, 1.165) is 30.5 Å². The maximum absolute atomic E-state index is 12.2. The summed E-state index contributed by atoms with van der Waals surface area (Å²) in [7, 11) is 0. The summed E-state index contributed by atoms with van der Waals surface area (Å²) in [6.45, 7) is 4.10. The molecule has 0 spiro atoms. The Balaban J connectivity index is 1.56. The first kappa shape index (κ1) is 16.4. The second kappa shape index (κ2) is 7.43. The molecule has 0 bridgehead atoms. The van der Waals surface area contributed by atoms with Crippen molar-refractivity contribution < 1.29 is 4.79 Å². The van der Waals surface area contributed by atoms with E-state index >= 15 is 0 Å². The molecule has 2 atom stereocenters. The summed E-state index contributed by atoms with van der Waals surface area (Å²) in [6.07, 6.45) is 3.15. The van der Waals surface area contributed by atoms with Crippen LogP contribution in [0.15, 0.2) is 59.7 Å². The van der Waals surface area contributed by atoms with Crippen molar-refractivity contribution in [1.82, 2.24) is 5.43 Å². The van der Waals surface area contributed by atoms with Gasteiger partial charge in [-0.25, -0.2) is 5.43 Å². The molecule has 3 rings (SSSR count). The molecule has 124 valence electrons. The highest BCUT2D eigenvalue weighted by atomic mass is 16.2. The van der Waals surface area contributed by atoms with Crippen LogP contribution in [-0.4, -0.2) is 11.6 Å². The minimum Gasteiger partial charge on any atom is -0.273 e. The predicted octanol–water partition coefficient (Wildman–Crippen LogP) is 4.28. The van der Waals surface area contributed by atoms with Gasteiger partial charge in [0, 0.05) is 5.92 Å². The van der Waals surface area contributed by atoms with Gasteiger partial charge in [0.1, 0.15) is 0 Å². The van der Waals surface area contributed by atoms with Gasteiger partial charge in [0.15, 0.2) is 0 Å². The fourth-order valence-electron chi connectivity index (χ4n) is 3.04. The van der Waals surface area contributed by atoms with E-state index in [-0.39, 0.29) is 11.8 Å². The van der Waals surface area contributed by atoms with Crippen LogP contribution in [0.25, 0.3) is 0 Å².